The molecule has 16 heteroatoms. The van der Waals surface area contributed by atoms with Crippen molar-refractivity contribution in [1.82, 2.24) is 0 Å². The molecule has 0 fully saturated rings. The van der Waals surface area contributed by atoms with Crippen molar-refractivity contribution in [3.63, 3.8) is 0 Å². The lowest BCUT2D eigenvalue weighted by molar-refractivity contribution is -0.289. The molecule has 0 aliphatic heterocycles. The second-order valence-corrected chi connectivity index (χ2v) is 8.45. The van der Waals surface area contributed by atoms with E-state index in [-0.39, 0.29) is 28.0 Å². The van der Waals surface area contributed by atoms with E-state index in [9.17, 15) is 57.1 Å². The van der Waals surface area contributed by atoms with Crippen LogP contribution in [0.3, 0.4) is 0 Å². The predicted molar refractivity (Wildman–Crippen MR) is 121 cm³/mol. The minimum absolute atomic E-state index is 0.00953. The van der Waals surface area contributed by atoms with E-state index in [4.69, 9.17) is 4.74 Å². The zero-order chi connectivity index (χ0) is 31.5. The fourth-order valence-electron chi connectivity index (χ4n) is 3.22. The van der Waals surface area contributed by atoms with E-state index in [1.807, 2.05) is 0 Å². The Morgan fingerprint density at radius 2 is 1.17 bits per heavy atom. The Bertz CT molecular complexity index is 1320. The molecular formula is C26H16F13O3. The molecule has 1 radical (unpaired) electrons. The summed E-state index contributed by atoms with van der Waals surface area (Å²) in [5.41, 5.74) is -0.244. The van der Waals surface area contributed by atoms with Gasteiger partial charge < -0.3 is 14.2 Å². The van der Waals surface area contributed by atoms with Crippen molar-refractivity contribution in [2.75, 3.05) is 13.2 Å². The number of rotatable bonds is 12. The highest BCUT2D eigenvalue weighted by Gasteiger charge is 2.58. The number of hydrogen-bond donors (Lipinski definition) is 0. The van der Waals surface area contributed by atoms with Gasteiger partial charge in [0.2, 0.25) is 0 Å². The van der Waals surface area contributed by atoms with Gasteiger partial charge in [-0.1, -0.05) is 30.3 Å². The van der Waals surface area contributed by atoms with Crippen LogP contribution < -0.4 is 14.2 Å². The largest absolute Gasteiger partial charge is 0.487 e. The Hall–Kier alpha value is -3.85. The Morgan fingerprint density at radius 3 is 1.69 bits per heavy atom. The molecular weight excluding hydrogens is 607 g/mol. The molecule has 0 N–H and O–H groups in total. The van der Waals surface area contributed by atoms with Crippen LogP contribution in [0.25, 0.3) is 22.3 Å². The first-order chi connectivity index (χ1) is 19.3. The quantitative estimate of drug-likeness (QED) is 0.189. The first kappa shape index (κ1) is 32.7. The number of ether oxygens (including phenoxy) is 3. The van der Waals surface area contributed by atoms with Crippen LogP contribution in [-0.4, -0.2) is 50.2 Å². The number of alkyl halides is 13. The molecule has 0 aromatic heterocycles. The molecule has 0 bridgehead atoms. The van der Waals surface area contributed by atoms with Gasteiger partial charge in [0.05, 0.1) is 0 Å². The third kappa shape index (κ3) is 7.70. The maximum atomic E-state index is 13.6. The summed E-state index contributed by atoms with van der Waals surface area (Å²) in [4.78, 5) is 0. The van der Waals surface area contributed by atoms with Gasteiger partial charge in [0.1, 0.15) is 17.2 Å². The van der Waals surface area contributed by atoms with Crippen molar-refractivity contribution in [3.8, 4) is 39.5 Å². The Labute approximate surface area is 228 Å². The lowest BCUT2D eigenvalue weighted by atomic mass is 9.93. The fraction of sp³-hybridized carbons (Fsp3) is 0.308. The molecule has 42 heavy (non-hydrogen) atoms. The second-order valence-electron chi connectivity index (χ2n) is 8.45. The molecule has 0 spiro atoms. The average molecular weight is 623 g/mol. The van der Waals surface area contributed by atoms with Gasteiger partial charge in [0.25, 0.3) is 0 Å². The monoisotopic (exact) mass is 623 g/mol. The number of halogens is 13. The third-order valence-electron chi connectivity index (χ3n) is 5.33. The maximum Gasteiger partial charge on any atom is 0.461 e. The first-order valence-corrected chi connectivity index (χ1v) is 11.3. The molecule has 0 saturated heterocycles. The lowest BCUT2D eigenvalue weighted by Crippen LogP contribution is -2.41. The van der Waals surface area contributed by atoms with Crippen LogP contribution in [0.2, 0.25) is 0 Å². The van der Waals surface area contributed by atoms with Crippen LogP contribution in [0, 0.1) is 6.07 Å². The van der Waals surface area contributed by atoms with Crippen molar-refractivity contribution >= 4 is 0 Å². The van der Waals surface area contributed by atoms with Crippen molar-refractivity contribution in [2.45, 2.75) is 37.0 Å². The van der Waals surface area contributed by atoms with Crippen molar-refractivity contribution < 1.29 is 71.3 Å². The average Bonchev–Trinajstić information content (AvgIpc) is 2.90. The zero-order valence-electron chi connectivity index (χ0n) is 20.5. The topological polar surface area (TPSA) is 27.7 Å². The van der Waals surface area contributed by atoms with E-state index in [1.165, 1.54) is 0 Å². The molecule has 3 aromatic carbocycles. The van der Waals surface area contributed by atoms with E-state index < -0.39 is 61.7 Å². The molecule has 3 rings (SSSR count). The molecule has 0 aliphatic carbocycles. The standard InChI is InChI=1S/C26H16F13O3/c27-21(28)23(31,32)12-40-16-8-6-15(7-9-16)20-18(2-1-3-19(20)41-13-24(33,34)26(37,38)39)14-4-10-17(11-5-14)42-25(35,36)22(29)30/h1,3-11,21-22H,12-13H2. The van der Waals surface area contributed by atoms with Gasteiger partial charge in [-0.2, -0.15) is 48.3 Å². The van der Waals surface area contributed by atoms with Gasteiger partial charge >= 0.3 is 37.0 Å². The molecule has 0 aliphatic rings. The summed E-state index contributed by atoms with van der Waals surface area (Å²) < 4.78 is 181. The summed E-state index contributed by atoms with van der Waals surface area (Å²) in [6.45, 7) is -3.86. The number of benzene rings is 3. The lowest BCUT2D eigenvalue weighted by Gasteiger charge is -2.22. The van der Waals surface area contributed by atoms with Gasteiger partial charge in [-0.15, -0.1) is 0 Å². The Morgan fingerprint density at radius 1 is 0.619 bits per heavy atom. The van der Waals surface area contributed by atoms with E-state index in [0.29, 0.717) is 0 Å². The molecule has 0 atom stereocenters. The SMILES string of the molecule is FC(F)C(F)(F)COc1ccc(-c2c(-c3ccc(OC(F)(F)C(F)F)cc3)[c]ccc2OCC(F)(F)C(F)(F)F)cc1. The van der Waals surface area contributed by atoms with E-state index in [2.05, 4.69) is 15.5 Å². The fourth-order valence-corrected chi connectivity index (χ4v) is 3.22. The minimum atomic E-state index is -5.97. The minimum Gasteiger partial charge on any atom is -0.487 e. The van der Waals surface area contributed by atoms with Crippen LogP contribution in [0.5, 0.6) is 17.2 Å². The zero-order valence-corrected chi connectivity index (χ0v) is 20.5. The molecule has 0 amide bonds. The summed E-state index contributed by atoms with van der Waals surface area (Å²) in [7, 11) is 0. The maximum absolute atomic E-state index is 13.6. The van der Waals surface area contributed by atoms with Crippen LogP contribution in [0.1, 0.15) is 0 Å². The van der Waals surface area contributed by atoms with Crippen molar-refractivity contribution in [3.05, 3.63) is 66.7 Å². The molecule has 0 heterocycles. The highest BCUT2D eigenvalue weighted by molar-refractivity contribution is 5.87. The van der Waals surface area contributed by atoms with Gasteiger partial charge in [-0.05, 0) is 47.5 Å². The summed E-state index contributed by atoms with van der Waals surface area (Å²) in [5, 5.41) is 0. The van der Waals surface area contributed by atoms with Gasteiger partial charge in [-0.3, -0.25) is 0 Å². The van der Waals surface area contributed by atoms with Gasteiger partial charge in [0, 0.05) is 11.1 Å². The highest BCUT2D eigenvalue weighted by Crippen LogP contribution is 2.42. The van der Waals surface area contributed by atoms with E-state index in [1.54, 1.807) is 0 Å². The Balaban J connectivity index is 2.01. The van der Waals surface area contributed by atoms with Crippen LogP contribution >= 0.6 is 0 Å². The van der Waals surface area contributed by atoms with Crippen LogP contribution in [-0.2, 0) is 0 Å². The predicted octanol–water partition coefficient (Wildman–Crippen LogP) is 8.91. The molecule has 0 unspecified atom stereocenters. The van der Waals surface area contributed by atoms with E-state index >= 15 is 0 Å². The Kier molecular flexibility index (Phi) is 9.47. The summed E-state index contributed by atoms with van der Waals surface area (Å²) in [5.74, 6) is -11.4. The summed E-state index contributed by atoms with van der Waals surface area (Å²) in [6, 6.07) is 12.7. The summed E-state index contributed by atoms with van der Waals surface area (Å²) in [6.07, 6.45) is -19.0. The van der Waals surface area contributed by atoms with Crippen LogP contribution in [0.4, 0.5) is 57.1 Å². The van der Waals surface area contributed by atoms with Crippen molar-refractivity contribution in [1.29, 1.82) is 0 Å². The highest BCUT2D eigenvalue weighted by atomic mass is 19.4. The number of hydrogen-bond acceptors (Lipinski definition) is 3. The third-order valence-corrected chi connectivity index (χ3v) is 5.33. The second kappa shape index (κ2) is 12.2. The first-order valence-electron chi connectivity index (χ1n) is 11.3. The summed E-state index contributed by atoms with van der Waals surface area (Å²) >= 11 is 0. The molecule has 3 aromatic rings. The smallest absolute Gasteiger partial charge is 0.461 e. The van der Waals surface area contributed by atoms with Crippen LogP contribution in [0.15, 0.2) is 60.7 Å². The molecule has 229 valence electrons. The van der Waals surface area contributed by atoms with Gasteiger partial charge in [-0.25, -0.2) is 8.78 Å². The van der Waals surface area contributed by atoms with E-state index in [0.717, 1.165) is 60.7 Å². The normalized spacial score (nSPS) is 13.0. The van der Waals surface area contributed by atoms with Crippen molar-refractivity contribution in [2.24, 2.45) is 0 Å². The van der Waals surface area contributed by atoms with Gasteiger partial charge in [0.15, 0.2) is 13.2 Å². The molecule has 3 nitrogen and oxygen atoms in total. The molecule has 0 saturated carbocycles.